The topological polar surface area (TPSA) is 42.4 Å². The highest BCUT2D eigenvalue weighted by atomic mass is 35.5. The quantitative estimate of drug-likeness (QED) is 0.771. The van der Waals surface area contributed by atoms with E-state index < -0.39 is 5.60 Å². The van der Waals surface area contributed by atoms with Crippen LogP contribution in [0.1, 0.15) is 44.6 Å². The van der Waals surface area contributed by atoms with E-state index in [9.17, 15) is 4.79 Å². The van der Waals surface area contributed by atoms with Gasteiger partial charge in [-0.1, -0.05) is 6.07 Å². The summed E-state index contributed by atoms with van der Waals surface area (Å²) in [7, 11) is 1.74. The maximum atomic E-state index is 11.8. The van der Waals surface area contributed by atoms with Crippen LogP contribution in [0.15, 0.2) is 24.5 Å². The zero-order valence-electron chi connectivity index (χ0n) is 12.6. The van der Waals surface area contributed by atoms with Gasteiger partial charge in [0.2, 0.25) is 0 Å². The Morgan fingerprint density at radius 2 is 2.20 bits per heavy atom. The predicted molar refractivity (Wildman–Crippen MR) is 80.9 cm³/mol. The van der Waals surface area contributed by atoms with Crippen LogP contribution in [0.4, 0.5) is 4.79 Å². The lowest BCUT2D eigenvalue weighted by atomic mass is 10.1. The lowest BCUT2D eigenvalue weighted by Crippen LogP contribution is -2.34. The molecule has 0 spiro atoms. The number of amides is 1. The van der Waals surface area contributed by atoms with Crippen LogP contribution in [-0.2, 0) is 4.74 Å². The number of hydrogen-bond acceptors (Lipinski definition) is 3. The number of pyridine rings is 1. The molecule has 0 bridgehead atoms. The molecular weight excluding hydrogens is 276 g/mol. The lowest BCUT2D eigenvalue weighted by molar-refractivity contribution is 0.0296. The highest BCUT2D eigenvalue weighted by Crippen LogP contribution is 2.24. The second kappa shape index (κ2) is 7.48. The van der Waals surface area contributed by atoms with Gasteiger partial charge in [0, 0.05) is 26.0 Å². The summed E-state index contributed by atoms with van der Waals surface area (Å²) >= 11 is 6.30. The van der Waals surface area contributed by atoms with Crippen molar-refractivity contribution in [3.05, 3.63) is 30.1 Å². The molecule has 0 unspecified atom stereocenters. The fraction of sp³-hybridized carbons (Fsp3) is 0.600. The molecule has 0 fully saturated rings. The number of nitrogens with zero attached hydrogens (tertiary/aromatic N) is 2. The van der Waals surface area contributed by atoms with Gasteiger partial charge in [-0.15, -0.1) is 11.6 Å². The Bertz CT molecular complexity index is 418. The monoisotopic (exact) mass is 298 g/mol. The molecule has 0 aliphatic rings. The number of ether oxygens (including phenoxy) is 1. The smallest absolute Gasteiger partial charge is 0.410 e. The molecule has 1 aromatic rings. The summed E-state index contributed by atoms with van der Waals surface area (Å²) in [5, 5.41) is -0.0734. The number of halogens is 1. The fourth-order valence-electron chi connectivity index (χ4n) is 1.67. The Morgan fingerprint density at radius 1 is 1.50 bits per heavy atom. The Labute approximate surface area is 126 Å². The van der Waals surface area contributed by atoms with Crippen LogP contribution in [0.2, 0.25) is 0 Å². The van der Waals surface area contributed by atoms with Gasteiger partial charge in [0.05, 0.1) is 5.38 Å². The van der Waals surface area contributed by atoms with Gasteiger partial charge in [-0.3, -0.25) is 4.98 Å². The molecule has 0 saturated heterocycles. The SMILES string of the molecule is CN(CCC[C@@H](Cl)c1cccnc1)C(=O)OC(C)(C)C. The molecule has 0 aromatic carbocycles. The minimum absolute atomic E-state index is 0.0734. The summed E-state index contributed by atoms with van der Waals surface area (Å²) in [6, 6.07) is 3.83. The van der Waals surface area contributed by atoms with E-state index in [2.05, 4.69) is 4.98 Å². The average Bonchev–Trinajstić information content (AvgIpc) is 2.37. The third-order valence-corrected chi connectivity index (χ3v) is 3.17. The van der Waals surface area contributed by atoms with Crippen molar-refractivity contribution in [1.82, 2.24) is 9.88 Å². The van der Waals surface area contributed by atoms with E-state index in [0.717, 1.165) is 18.4 Å². The first-order valence-corrected chi connectivity index (χ1v) is 7.21. The molecule has 112 valence electrons. The number of rotatable bonds is 5. The maximum absolute atomic E-state index is 11.8. The highest BCUT2D eigenvalue weighted by molar-refractivity contribution is 6.20. The van der Waals surface area contributed by atoms with E-state index in [0.29, 0.717) is 6.54 Å². The Balaban J connectivity index is 2.32. The van der Waals surface area contributed by atoms with Crippen molar-refractivity contribution < 1.29 is 9.53 Å². The Hall–Kier alpha value is -1.29. The van der Waals surface area contributed by atoms with Gasteiger partial charge < -0.3 is 9.64 Å². The van der Waals surface area contributed by atoms with Crippen LogP contribution in [0.5, 0.6) is 0 Å². The summed E-state index contributed by atoms with van der Waals surface area (Å²) in [6.07, 6.45) is 4.81. The largest absolute Gasteiger partial charge is 0.444 e. The standard InChI is InChI=1S/C15H23ClN2O2/c1-15(2,3)20-14(19)18(4)10-6-8-13(16)12-7-5-9-17-11-12/h5,7,9,11,13H,6,8,10H2,1-4H3/t13-/m1/s1. The van der Waals surface area contributed by atoms with Crippen LogP contribution in [0.3, 0.4) is 0 Å². The van der Waals surface area contributed by atoms with Gasteiger partial charge in [0.15, 0.2) is 0 Å². The lowest BCUT2D eigenvalue weighted by Gasteiger charge is -2.24. The van der Waals surface area contributed by atoms with Gasteiger partial charge in [0.25, 0.3) is 0 Å². The molecule has 0 radical (unpaired) electrons. The predicted octanol–water partition coefficient (Wildman–Crippen LogP) is 4.01. The molecule has 0 N–H and O–H groups in total. The van der Waals surface area contributed by atoms with Crippen LogP contribution in [-0.4, -0.2) is 35.2 Å². The van der Waals surface area contributed by atoms with Crippen molar-refractivity contribution in [3.63, 3.8) is 0 Å². The number of carbonyl (C=O) groups excluding carboxylic acids is 1. The molecule has 0 aliphatic carbocycles. The van der Waals surface area contributed by atoms with E-state index in [1.54, 1.807) is 24.3 Å². The maximum Gasteiger partial charge on any atom is 0.410 e. The van der Waals surface area contributed by atoms with Crippen molar-refractivity contribution in [3.8, 4) is 0 Å². The van der Waals surface area contributed by atoms with Crippen LogP contribution in [0, 0.1) is 0 Å². The number of hydrogen-bond donors (Lipinski definition) is 0. The highest BCUT2D eigenvalue weighted by Gasteiger charge is 2.19. The Kier molecular flexibility index (Phi) is 6.27. The molecule has 20 heavy (non-hydrogen) atoms. The van der Waals surface area contributed by atoms with Gasteiger partial charge in [-0.05, 0) is 45.2 Å². The molecule has 1 aromatic heterocycles. The molecule has 1 heterocycles. The summed E-state index contributed by atoms with van der Waals surface area (Å²) in [5.41, 5.74) is 0.546. The van der Waals surface area contributed by atoms with Crippen molar-refractivity contribution in [1.29, 1.82) is 0 Å². The number of alkyl halides is 1. The van der Waals surface area contributed by atoms with Gasteiger partial charge >= 0.3 is 6.09 Å². The minimum atomic E-state index is -0.462. The zero-order valence-corrected chi connectivity index (χ0v) is 13.4. The Morgan fingerprint density at radius 3 is 2.75 bits per heavy atom. The van der Waals surface area contributed by atoms with E-state index in [-0.39, 0.29) is 11.5 Å². The first kappa shape index (κ1) is 16.8. The number of aromatic nitrogens is 1. The second-order valence-electron chi connectivity index (χ2n) is 5.80. The number of carbonyl (C=O) groups is 1. The molecule has 1 atom stereocenters. The van der Waals surface area contributed by atoms with Gasteiger partial charge in [0.1, 0.15) is 5.60 Å². The van der Waals surface area contributed by atoms with Gasteiger partial charge in [-0.2, -0.15) is 0 Å². The minimum Gasteiger partial charge on any atom is -0.444 e. The van der Waals surface area contributed by atoms with E-state index in [4.69, 9.17) is 16.3 Å². The average molecular weight is 299 g/mol. The summed E-state index contributed by atoms with van der Waals surface area (Å²) in [5.74, 6) is 0. The van der Waals surface area contributed by atoms with Crippen LogP contribution < -0.4 is 0 Å². The third-order valence-electron chi connectivity index (χ3n) is 2.70. The third kappa shape index (κ3) is 6.24. The fourth-order valence-corrected chi connectivity index (χ4v) is 1.95. The molecule has 4 nitrogen and oxygen atoms in total. The van der Waals surface area contributed by atoms with Crippen molar-refractivity contribution in [2.45, 2.75) is 44.6 Å². The molecule has 5 heteroatoms. The van der Waals surface area contributed by atoms with Crippen LogP contribution in [0.25, 0.3) is 0 Å². The van der Waals surface area contributed by atoms with E-state index >= 15 is 0 Å². The summed E-state index contributed by atoms with van der Waals surface area (Å²) in [4.78, 5) is 17.4. The second-order valence-corrected chi connectivity index (χ2v) is 6.32. The normalized spacial score (nSPS) is 12.8. The van der Waals surface area contributed by atoms with Gasteiger partial charge in [-0.25, -0.2) is 4.79 Å². The van der Waals surface area contributed by atoms with E-state index in [1.807, 2.05) is 32.9 Å². The first-order chi connectivity index (χ1) is 9.29. The zero-order chi connectivity index (χ0) is 15.2. The van der Waals surface area contributed by atoms with Crippen molar-refractivity contribution in [2.24, 2.45) is 0 Å². The summed E-state index contributed by atoms with van der Waals surface area (Å²) in [6.45, 7) is 6.19. The van der Waals surface area contributed by atoms with E-state index in [1.165, 1.54) is 0 Å². The molecule has 1 amide bonds. The van der Waals surface area contributed by atoms with Crippen molar-refractivity contribution >= 4 is 17.7 Å². The first-order valence-electron chi connectivity index (χ1n) is 6.77. The van der Waals surface area contributed by atoms with Crippen LogP contribution >= 0.6 is 11.6 Å². The molecular formula is C15H23ClN2O2. The molecule has 1 rings (SSSR count). The van der Waals surface area contributed by atoms with Crippen molar-refractivity contribution in [2.75, 3.05) is 13.6 Å². The molecule has 0 saturated carbocycles. The molecule has 0 aliphatic heterocycles. The summed E-state index contributed by atoms with van der Waals surface area (Å²) < 4.78 is 5.29.